The molecule has 0 unspecified atom stereocenters. The summed E-state index contributed by atoms with van der Waals surface area (Å²) >= 11 is 0. The number of carbonyl (C=O) groups is 1. The van der Waals surface area contributed by atoms with E-state index in [-0.39, 0.29) is 22.8 Å². The maximum atomic E-state index is 12.2. The monoisotopic (exact) mass is 277 g/mol. The van der Waals surface area contributed by atoms with Crippen molar-refractivity contribution >= 4 is 11.7 Å². The second kappa shape index (κ2) is 5.55. The van der Waals surface area contributed by atoms with E-state index in [0.29, 0.717) is 6.54 Å². The Labute approximate surface area is 114 Å². The van der Waals surface area contributed by atoms with Crippen LogP contribution in [0.25, 0.3) is 5.82 Å². The third kappa shape index (κ3) is 2.40. The van der Waals surface area contributed by atoms with Crippen molar-refractivity contribution < 1.29 is 9.53 Å². The quantitative estimate of drug-likeness (QED) is 0.801. The zero-order chi connectivity index (χ0) is 14.7. The van der Waals surface area contributed by atoms with Crippen molar-refractivity contribution in [2.24, 2.45) is 0 Å². The van der Waals surface area contributed by atoms with Crippen LogP contribution in [0.1, 0.15) is 23.8 Å². The molecule has 0 aliphatic heterocycles. The number of aryl methyl sites for hydroxylation is 1. The van der Waals surface area contributed by atoms with Crippen LogP contribution in [0.5, 0.6) is 0 Å². The van der Waals surface area contributed by atoms with E-state index in [1.165, 1.54) is 28.8 Å². The Hall–Kier alpha value is -2.64. The predicted molar refractivity (Wildman–Crippen MR) is 71.7 cm³/mol. The van der Waals surface area contributed by atoms with Gasteiger partial charge in [0.25, 0.3) is 5.56 Å². The predicted octanol–water partition coefficient (Wildman–Crippen LogP) is 0.208. The molecule has 0 fully saturated rings. The third-order valence-electron chi connectivity index (χ3n) is 2.70. The molecule has 0 radical (unpaired) electrons. The topological polar surface area (TPSA) is 105 Å². The minimum atomic E-state index is -0.661. The zero-order valence-electron chi connectivity index (χ0n) is 11.2. The van der Waals surface area contributed by atoms with Crippen LogP contribution in [0.3, 0.4) is 0 Å². The van der Waals surface area contributed by atoms with Crippen LogP contribution in [0, 0.1) is 0 Å². The van der Waals surface area contributed by atoms with Gasteiger partial charge in [-0.1, -0.05) is 6.92 Å². The largest absolute Gasteiger partial charge is 0.464 e. The standard InChI is InChI=1S/C12H15N5O3/c1-3-5-16-6-4-14-10(11(16)18)17-7-8(13)9(15-17)12(19)20-2/h4,6-7H,3,5,13H2,1-2H3. The van der Waals surface area contributed by atoms with Crippen LogP contribution in [-0.4, -0.2) is 32.4 Å². The van der Waals surface area contributed by atoms with Crippen molar-refractivity contribution in [3.05, 3.63) is 34.6 Å². The molecule has 0 aliphatic rings. The molecular weight excluding hydrogens is 262 g/mol. The van der Waals surface area contributed by atoms with Gasteiger partial charge in [-0.2, -0.15) is 5.10 Å². The van der Waals surface area contributed by atoms with Gasteiger partial charge in [-0.15, -0.1) is 0 Å². The van der Waals surface area contributed by atoms with E-state index in [0.717, 1.165) is 6.42 Å². The fourth-order valence-electron chi connectivity index (χ4n) is 1.76. The van der Waals surface area contributed by atoms with E-state index < -0.39 is 5.97 Å². The van der Waals surface area contributed by atoms with Gasteiger partial charge in [0.2, 0.25) is 5.82 Å². The summed E-state index contributed by atoms with van der Waals surface area (Å²) in [5.74, 6) is -0.575. The normalized spacial score (nSPS) is 10.5. The van der Waals surface area contributed by atoms with E-state index in [2.05, 4.69) is 14.8 Å². The molecule has 106 valence electrons. The number of hydrogen-bond acceptors (Lipinski definition) is 6. The number of methoxy groups -OCH3 is 1. The summed E-state index contributed by atoms with van der Waals surface area (Å²) in [6.07, 6.45) is 5.29. The van der Waals surface area contributed by atoms with Crippen LogP contribution in [-0.2, 0) is 11.3 Å². The Morgan fingerprint density at radius 3 is 2.90 bits per heavy atom. The number of anilines is 1. The second-order valence-corrected chi connectivity index (χ2v) is 4.12. The van der Waals surface area contributed by atoms with Gasteiger partial charge in [-0.25, -0.2) is 14.5 Å². The van der Waals surface area contributed by atoms with Crippen molar-refractivity contribution in [1.82, 2.24) is 19.3 Å². The summed E-state index contributed by atoms with van der Waals surface area (Å²) in [5.41, 5.74) is 5.47. The molecule has 2 aromatic rings. The van der Waals surface area contributed by atoms with E-state index in [1.807, 2.05) is 6.92 Å². The number of hydrogen-bond donors (Lipinski definition) is 1. The van der Waals surface area contributed by atoms with Gasteiger partial charge in [0, 0.05) is 18.9 Å². The molecule has 20 heavy (non-hydrogen) atoms. The molecule has 0 atom stereocenters. The fourth-order valence-corrected chi connectivity index (χ4v) is 1.76. The van der Waals surface area contributed by atoms with Crippen molar-refractivity contribution in [3.63, 3.8) is 0 Å². The highest BCUT2D eigenvalue weighted by atomic mass is 16.5. The zero-order valence-corrected chi connectivity index (χ0v) is 11.2. The number of nitrogens with zero attached hydrogens (tertiary/aromatic N) is 4. The van der Waals surface area contributed by atoms with Gasteiger partial charge in [-0.05, 0) is 6.42 Å². The Balaban J connectivity index is 2.50. The lowest BCUT2D eigenvalue weighted by atomic mass is 10.4. The van der Waals surface area contributed by atoms with Gasteiger partial charge in [0.05, 0.1) is 19.0 Å². The lowest BCUT2D eigenvalue weighted by Crippen LogP contribution is -2.25. The maximum Gasteiger partial charge on any atom is 0.360 e. The van der Waals surface area contributed by atoms with Gasteiger partial charge < -0.3 is 15.0 Å². The molecule has 8 heteroatoms. The van der Waals surface area contributed by atoms with E-state index in [4.69, 9.17) is 5.73 Å². The molecule has 0 aromatic carbocycles. The number of nitrogen functional groups attached to an aromatic ring is 1. The molecule has 2 rings (SSSR count). The Morgan fingerprint density at radius 2 is 2.25 bits per heavy atom. The minimum Gasteiger partial charge on any atom is -0.464 e. The Kier molecular flexibility index (Phi) is 3.83. The van der Waals surface area contributed by atoms with Crippen LogP contribution in [0.2, 0.25) is 0 Å². The highest BCUT2D eigenvalue weighted by molar-refractivity contribution is 5.92. The van der Waals surface area contributed by atoms with Gasteiger partial charge in [0.15, 0.2) is 5.69 Å². The lowest BCUT2D eigenvalue weighted by Gasteiger charge is -2.05. The summed E-state index contributed by atoms with van der Waals surface area (Å²) in [7, 11) is 1.23. The Morgan fingerprint density at radius 1 is 1.50 bits per heavy atom. The van der Waals surface area contributed by atoms with E-state index in [9.17, 15) is 9.59 Å². The molecule has 0 bridgehead atoms. The van der Waals surface area contributed by atoms with Crippen molar-refractivity contribution in [1.29, 1.82) is 0 Å². The summed E-state index contributed by atoms with van der Waals surface area (Å²) in [5, 5.41) is 3.95. The first kappa shape index (κ1) is 13.8. The summed E-state index contributed by atoms with van der Waals surface area (Å²) in [4.78, 5) is 27.6. The summed E-state index contributed by atoms with van der Waals surface area (Å²) < 4.78 is 7.28. The molecule has 2 N–H and O–H groups in total. The molecule has 2 aromatic heterocycles. The maximum absolute atomic E-state index is 12.2. The van der Waals surface area contributed by atoms with Gasteiger partial charge in [0.1, 0.15) is 0 Å². The van der Waals surface area contributed by atoms with Crippen molar-refractivity contribution in [2.75, 3.05) is 12.8 Å². The first-order chi connectivity index (χ1) is 9.58. The molecule has 0 aliphatic carbocycles. The molecule has 8 nitrogen and oxygen atoms in total. The van der Waals surface area contributed by atoms with Crippen LogP contribution < -0.4 is 11.3 Å². The molecular formula is C12H15N5O3. The molecule has 2 heterocycles. The number of rotatable bonds is 4. The third-order valence-corrected chi connectivity index (χ3v) is 2.70. The van der Waals surface area contributed by atoms with Crippen molar-refractivity contribution in [2.45, 2.75) is 19.9 Å². The van der Waals surface area contributed by atoms with E-state index >= 15 is 0 Å². The van der Waals surface area contributed by atoms with Crippen LogP contribution >= 0.6 is 0 Å². The van der Waals surface area contributed by atoms with Crippen LogP contribution in [0.4, 0.5) is 5.69 Å². The van der Waals surface area contributed by atoms with Crippen molar-refractivity contribution in [3.8, 4) is 5.82 Å². The average Bonchev–Trinajstić information content (AvgIpc) is 2.82. The SMILES string of the molecule is CCCn1ccnc(-n2cc(N)c(C(=O)OC)n2)c1=O. The molecule has 0 amide bonds. The Bertz CT molecular complexity index is 689. The highest BCUT2D eigenvalue weighted by Crippen LogP contribution is 2.12. The average molecular weight is 277 g/mol. The fraction of sp³-hybridized carbons (Fsp3) is 0.333. The number of carbonyl (C=O) groups excluding carboxylic acids is 1. The number of esters is 1. The summed E-state index contributed by atoms with van der Waals surface area (Å²) in [6.45, 7) is 2.54. The smallest absolute Gasteiger partial charge is 0.360 e. The molecule has 0 saturated heterocycles. The van der Waals surface area contributed by atoms with E-state index in [1.54, 1.807) is 6.20 Å². The first-order valence-electron chi connectivity index (χ1n) is 6.07. The lowest BCUT2D eigenvalue weighted by molar-refractivity contribution is 0.0594. The minimum absolute atomic E-state index is 0.0420. The highest BCUT2D eigenvalue weighted by Gasteiger charge is 2.18. The van der Waals surface area contributed by atoms with Gasteiger partial charge in [-0.3, -0.25) is 4.79 Å². The number of nitrogens with two attached hydrogens (primary N) is 1. The second-order valence-electron chi connectivity index (χ2n) is 4.12. The molecule has 0 saturated carbocycles. The number of ether oxygens (including phenoxy) is 1. The first-order valence-corrected chi connectivity index (χ1v) is 6.07. The summed E-state index contributed by atoms with van der Waals surface area (Å²) in [6, 6.07) is 0. The van der Waals surface area contributed by atoms with Gasteiger partial charge >= 0.3 is 5.97 Å². The molecule has 0 spiro atoms. The number of aromatic nitrogens is 4. The van der Waals surface area contributed by atoms with Crippen LogP contribution in [0.15, 0.2) is 23.4 Å².